The highest BCUT2D eigenvalue weighted by molar-refractivity contribution is 7.13. The van der Waals surface area contributed by atoms with Crippen LogP contribution in [0, 0.1) is 0 Å². The zero-order valence-corrected chi connectivity index (χ0v) is 14.4. The van der Waals surface area contributed by atoms with E-state index in [9.17, 15) is 0 Å². The smallest absolute Gasteiger partial charge is 0.188 e. The maximum absolute atomic E-state index is 5.18. The molecule has 0 aromatic carbocycles. The Morgan fingerprint density at radius 2 is 2.12 bits per heavy atom. The van der Waals surface area contributed by atoms with Crippen LogP contribution in [0.15, 0.2) is 48.4 Å². The van der Waals surface area contributed by atoms with Crippen molar-refractivity contribution in [2.75, 3.05) is 19.0 Å². The standard InChI is InChI=1S/C18H20N4OS/c1-23-8-3-5-16-11-15(10-14-4-2-6-19-12-14)13-21-17(16)22-18-20-7-9-24-18/h2,4,6-7,9,11-13H,3,5,8,10H2,1H3,(H,20,21,22). The molecule has 24 heavy (non-hydrogen) atoms. The SMILES string of the molecule is COCCCc1cc(Cc2cccnc2)cnc1Nc1nccs1. The van der Waals surface area contributed by atoms with Crippen molar-refractivity contribution < 1.29 is 4.74 Å². The Labute approximate surface area is 145 Å². The van der Waals surface area contributed by atoms with Crippen molar-refractivity contribution >= 4 is 22.3 Å². The Balaban J connectivity index is 1.79. The molecule has 1 N–H and O–H groups in total. The van der Waals surface area contributed by atoms with Gasteiger partial charge in [0.2, 0.25) is 0 Å². The van der Waals surface area contributed by atoms with Crippen LogP contribution >= 0.6 is 11.3 Å². The molecule has 3 aromatic rings. The van der Waals surface area contributed by atoms with E-state index in [2.05, 4.69) is 32.4 Å². The minimum absolute atomic E-state index is 0.740. The van der Waals surface area contributed by atoms with E-state index in [0.29, 0.717) is 0 Å². The lowest BCUT2D eigenvalue weighted by atomic mass is 10.0. The number of hydrogen-bond donors (Lipinski definition) is 1. The second kappa shape index (κ2) is 8.52. The third-order valence-corrected chi connectivity index (χ3v) is 4.30. The van der Waals surface area contributed by atoms with E-state index in [0.717, 1.165) is 36.8 Å². The van der Waals surface area contributed by atoms with Gasteiger partial charge < -0.3 is 10.1 Å². The topological polar surface area (TPSA) is 59.9 Å². The van der Waals surface area contributed by atoms with Crippen LogP contribution in [0.3, 0.4) is 0 Å². The highest BCUT2D eigenvalue weighted by Crippen LogP contribution is 2.23. The molecule has 0 unspecified atom stereocenters. The molecule has 3 aromatic heterocycles. The Morgan fingerprint density at radius 3 is 2.88 bits per heavy atom. The van der Waals surface area contributed by atoms with Crippen molar-refractivity contribution in [3.63, 3.8) is 0 Å². The molecule has 5 nitrogen and oxygen atoms in total. The molecule has 124 valence electrons. The van der Waals surface area contributed by atoms with Gasteiger partial charge in [0, 0.05) is 50.3 Å². The number of nitrogens with zero attached hydrogens (tertiary/aromatic N) is 3. The summed E-state index contributed by atoms with van der Waals surface area (Å²) in [5.74, 6) is 0.871. The van der Waals surface area contributed by atoms with Crippen LogP contribution in [0.2, 0.25) is 0 Å². The van der Waals surface area contributed by atoms with Gasteiger partial charge in [-0.25, -0.2) is 9.97 Å². The summed E-state index contributed by atoms with van der Waals surface area (Å²) in [5.41, 5.74) is 3.55. The molecule has 3 heterocycles. The Morgan fingerprint density at radius 1 is 1.17 bits per heavy atom. The maximum atomic E-state index is 5.18. The number of pyridine rings is 2. The molecular formula is C18H20N4OS. The molecule has 3 rings (SSSR count). The van der Waals surface area contributed by atoms with E-state index < -0.39 is 0 Å². The van der Waals surface area contributed by atoms with E-state index >= 15 is 0 Å². The van der Waals surface area contributed by atoms with Gasteiger partial charge in [-0.2, -0.15) is 0 Å². The zero-order chi connectivity index (χ0) is 16.6. The largest absolute Gasteiger partial charge is 0.385 e. The molecular weight excluding hydrogens is 320 g/mol. The average molecular weight is 340 g/mol. The summed E-state index contributed by atoms with van der Waals surface area (Å²) < 4.78 is 5.18. The normalized spacial score (nSPS) is 10.7. The lowest BCUT2D eigenvalue weighted by Gasteiger charge is -2.11. The lowest BCUT2D eigenvalue weighted by Crippen LogP contribution is -2.03. The highest BCUT2D eigenvalue weighted by Gasteiger charge is 2.08. The van der Waals surface area contributed by atoms with Crippen LogP contribution in [0.25, 0.3) is 0 Å². The number of rotatable bonds is 8. The van der Waals surface area contributed by atoms with Gasteiger partial charge in [0.05, 0.1) is 0 Å². The van der Waals surface area contributed by atoms with E-state index in [1.807, 2.05) is 23.8 Å². The summed E-state index contributed by atoms with van der Waals surface area (Å²) >= 11 is 1.57. The van der Waals surface area contributed by atoms with E-state index in [4.69, 9.17) is 4.74 Å². The number of anilines is 2. The molecule has 0 saturated heterocycles. The summed E-state index contributed by atoms with van der Waals surface area (Å²) in [6.07, 6.45) is 10.1. The first-order chi connectivity index (χ1) is 11.8. The predicted octanol–water partition coefficient (Wildman–Crippen LogP) is 3.85. The van der Waals surface area contributed by atoms with Crippen molar-refractivity contribution in [3.05, 3.63) is 65.1 Å². The van der Waals surface area contributed by atoms with E-state index in [1.165, 1.54) is 16.7 Å². The highest BCUT2D eigenvalue weighted by atomic mass is 32.1. The molecule has 0 aliphatic carbocycles. The minimum Gasteiger partial charge on any atom is -0.385 e. The Hall–Kier alpha value is -2.31. The number of aryl methyl sites for hydroxylation is 1. The summed E-state index contributed by atoms with van der Waals surface area (Å²) in [6, 6.07) is 6.26. The first-order valence-electron chi connectivity index (χ1n) is 7.87. The summed E-state index contributed by atoms with van der Waals surface area (Å²) in [7, 11) is 1.73. The number of aromatic nitrogens is 3. The molecule has 0 aliphatic heterocycles. The molecule has 0 atom stereocenters. The van der Waals surface area contributed by atoms with Crippen LogP contribution in [-0.2, 0) is 17.6 Å². The van der Waals surface area contributed by atoms with Gasteiger partial charge in [-0.15, -0.1) is 11.3 Å². The molecule has 0 saturated carbocycles. The lowest BCUT2D eigenvalue weighted by molar-refractivity contribution is 0.195. The van der Waals surface area contributed by atoms with Gasteiger partial charge in [-0.3, -0.25) is 4.98 Å². The molecule has 0 bridgehead atoms. The van der Waals surface area contributed by atoms with Crippen LogP contribution in [0.5, 0.6) is 0 Å². The fourth-order valence-electron chi connectivity index (χ4n) is 2.49. The predicted molar refractivity (Wildman–Crippen MR) is 96.9 cm³/mol. The third-order valence-electron chi connectivity index (χ3n) is 3.61. The second-order valence-electron chi connectivity index (χ2n) is 5.45. The summed E-state index contributed by atoms with van der Waals surface area (Å²) in [4.78, 5) is 13.1. The van der Waals surface area contributed by atoms with Crippen molar-refractivity contribution in [2.45, 2.75) is 19.3 Å². The first kappa shape index (κ1) is 16.5. The molecule has 6 heteroatoms. The number of hydrogen-bond acceptors (Lipinski definition) is 6. The van der Waals surface area contributed by atoms with Crippen LogP contribution in [-0.4, -0.2) is 28.7 Å². The van der Waals surface area contributed by atoms with Gasteiger partial charge in [0.1, 0.15) is 5.82 Å². The van der Waals surface area contributed by atoms with Gasteiger partial charge >= 0.3 is 0 Å². The van der Waals surface area contributed by atoms with Gasteiger partial charge in [-0.1, -0.05) is 12.1 Å². The molecule has 0 spiro atoms. The van der Waals surface area contributed by atoms with Gasteiger partial charge in [0.15, 0.2) is 5.13 Å². The third kappa shape index (κ3) is 4.59. The fraction of sp³-hybridized carbons (Fsp3) is 0.278. The molecule has 0 fully saturated rings. The Kier molecular flexibility index (Phi) is 5.87. The molecule has 0 amide bonds. The van der Waals surface area contributed by atoms with Crippen LogP contribution in [0.4, 0.5) is 10.9 Å². The van der Waals surface area contributed by atoms with Crippen LogP contribution < -0.4 is 5.32 Å². The minimum atomic E-state index is 0.740. The maximum Gasteiger partial charge on any atom is 0.188 e. The zero-order valence-electron chi connectivity index (χ0n) is 13.6. The fourth-order valence-corrected chi connectivity index (χ4v) is 3.02. The quantitative estimate of drug-likeness (QED) is 0.631. The second-order valence-corrected chi connectivity index (χ2v) is 6.34. The first-order valence-corrected chi connectivity index (χ1v) is 8.75. The van der Waals surface area contributed by atoms with Crippen LogP contribution in [0.1, 0.15) is 23.1 Å². The monoisotopic (exact) mass is 340 g/mol. The number of thiazole rings is 1. The number of nitrogens with one attached hydrogen (secondary N) is 1. The molecule has 0 aliphatic rings. The van der Waals surface area contributed by atoms with Crippen molar-refractivity contribution in [1.29, 1.82) is 0 Å². The molecule has 0 radical (unpaired) electrons. The van der Waals surface area contributed by atoms with Gasteiger partial charge in [-0.05, 0) is 35.6 Å². The van der Waals surface area contributed by atoms with Crippen molar-refractivity contribution in [1.82, 2.24) is 15.0 Å². The number of methoxy groups -OCH3 is 1. The van der Waals surface area contributed by atoms with E-state index in [-0.39, 0.29) is 0 Å². The number of ether oxygens (including phenoxy) is 1. The van der Waals surface area contributed by atoms with Crippen molar-refractivity contribution in [3.8, 4) is 0 Å². The summed E-state index contributed by atoms with van der Waals surface area (Å²) in [5, 5.41) is 6.12. The summed E-state index contributed by atoms with van der Waals surface area (Å²) in [6.45, 7) is 0.740. The van der Waals surface area contributed by atoms with Crippen molar-refractivity contribution in [2.24, 2.45) is 0 Å². The average Bonchev–Trinajstić information content (AvgIpc) is 3.11. The Bertz CT molecular complexity index is 747. The van der Waals surface area contributed by atoms with E-state index in [1.54, 1.807) is 30.8 Å². The van der Waals surface area contributed by atoms with Gasteiger partial charge in [0.25, 0.3) is 0 Å².